The van der Waals surface area contributed by atoms with E-state index in [0.29, 0.717) is 32.1 Å². The number of benzene rings is 2. The molecule has 0 bridgehead atoms. The number of para-hydroxylation sites is 1. The number of anilines is 1. The lowest BCUT2D eigenvalue weighted by Crippen LogP contribution is -2.43. The van der Waals surface area contributed by atoms with Gasteiger partial charge in [-0.2, -0.15) is 0 Å². The first kappa shape index (κ1) is 26.2. The minimum Gasteiger partial charge on any atom is -0.493 e. The third-order valence-corrected chi connectivity index (χ3v) is 6.70. The lowest BCUT2D eigenvalue weighted by molar-refractivity contribution is -0.137. The van der Waals surface area contributed by atoms with Crippen LogP contribution in [0.4, 0.5) is 5.69 Å². The van der Waals surface area contributed by atoms with Crippen molar-refractivity contribution in [1.82, 2.24) is 4.90 Å². The van der Waals surface area contributed by atoms with E-state index in [4.69, 9.17) is 18.9 Å². The first-order valence-corrected chi connectivity index (χ1v) is 12.1. The van der Waals surface area contributed by atoms with Crippen LogP contribution in [0.15, 0.2) is 54.2 Å². The number of carbonyl (C=O) groups excluding carboxylic acids is 3. The minimum absolute atomic E-state index is 0.152. The van der Waals surface area contributed by atoms with Gasteiger partial charge in [0.25, 0.3) is 5.91 Å². The van der Waals surface area contributed by atoms with Crippen LogP contribution < -0.4 is 14.4 Å². The predicted octanol–water partition coefficient (Wildman–Crippen LogP) is 2.97. The van der Waals surface area contributed by atoms with E-state index >= 15 is 0 Å². The maximum Gasteiger partial charge on any atom is 0.338 e. The number of esters is 1. The number of likely N-dealkylation sites (N-methyl/N-ethyl adjacent to an activating group) is 1. The SMILES string of the molecule is COc1cc(C(=O)OCC(=O)C=C2N(C)c3ccccc3C2(C)C)ccc1OCC(=O)N1CCOCC1. The van der Waals surface area contributed by atoms with Crippen LogP contribution in [0.3, 0.4) is 0 Å². The van der Waals surface area contributed by atoms with Crippen LogP contribution >= 0.6 is 0 Å². The highest BCUT2D eigenvalue weighted by molar-refractivity contribution is 5.97. The fourth-order valence-corrected chi connectivity index (χ4v) is 4.63. The normalized spacial score (nSPS) is 17.4. The number of methoxy groups -OCH3 is 1. The van der Waals surface area contributed by atoms with Gasteiger partial charge in [-0.15, -0.1) is 0 Å². The number of amides is 1. The van der Waals surface area contributed by atoms with E-state index in [-0.39, 0.29) is 35.0 Å². The van der Waals surface area contributed by atoms with E-state index in [1.54, 1.807) is 11.0 Å². The smallest absolute Gasteiger partial charge is 0.338 e. The topological polar surface area (TPSA) is 94.6 Å². The summed E-state index contributed by atoms with van der Waals surface area (Å²) in [6.07, 6.45) is 1.54. The van der Waals surface area contributed by atoms with Gasteiger partial charge in [-0.05, 0) is 29.8 Å². The van der Waals surface area contributed by atoms with Crippen LogP contribution in [0.1, 0.15) is 29.8 Å². The lowest BCUT2D eigenvalue weighted by atomic mass is 9.83. The van der Waals surface area contributed by atoms with Gasteiger partial charge in [-0.3, -0.25) is 9.59 Å². The molecule has 0 aromatic heterocycles. The van der Waals surface area contributed by atoms with Crippen LogP contribution in [0.25, 0.3) is 0 Å². The number of fused-ring (bicyclic) bond motifs is 1. The second-order valence-corrected chi connectivity index (χ2v) is 9.42. The summed E-state index contributed by atoms with van der Waals surface area (Å²) in [5.41, 5.74) is 2.87. The van der Waals surface area contributed by atoms with Gasteiger partial charge in [0.15, 0.2) is 30.5 Å². The molecule has 37 heavy (non-hydrogen) atoms. The number of nitrogens with zero attached hydrogens (tertiary/aromatic N) is 2. The Kier molecular flexibility index (Phi) is 7.83. The predicted molar refractivity (Wildman–Crippen MR) is 137 cm³/mol. The quantitative estimate of drug-likeness (QED) is 0.397. The van der Waals surface area contributed by atoms with Crippen molar-refractivity contribution in [2.24, 2.45) is 0 Å². The third-order valence-electron chi connectivity index (χ3n) is 6.70. The number of hydrogen-bond donors (Lipinski definition) is 0. The van der Waals surface area contributed by atoms with E-state index < -0.39 is 12.6 Å². The Bertz CT molecular complexity index is 1210. The Hall–Kier alpha value is -3.85. The minimum atomic E-state index is -0.664. The average Bonchev–Trinajstić information content (AvgIpc) is 3.11. The van der Waals surface area contributed by atoms with Gasteiger partial charge in [0.1, 0.15) is 0 Å². The summed E-state index contributed by atoms with van der Waals surface area (Å²) in [6.45, 7) is 5.65. The number of carbonyl (C=O) groups is 3. The fraction of sp³-hybridized carbons (Fsp3) is 0.393. The molecule has 2 aromatic rings. The first-order valence-electron chi connectivity index (χ1n) is 12.1. The van der Waals surface area contributed by atoms with E-state index in [9.17, 15) is 14.4 Å². The number of rotatable bonds is 8. The molecule has 2 aromatic carbocycles. The van der Waals surface area contributed by atoms with Crippen molar-refractivity contribution < 1.29 is 33.3 Å². The standard InChI is InChI=1S/C28H32N2O7/c1-28(2)21-7-5-6-8-22(21)29(3)25(28)16-20(31)17-37-27(33)19-9-10-23(24(15-19)34-4)36-18-26(32)30-11-13-35-14-12-30/h5-10,15-16H,11-14,17-18H2,1-4H3. The van der Waals surface area contributed by atoms with Crippen molar-refractivity contribution in [3.8, 4) is 11.5 Å². The van der Waals surface area contributed by atoms with Crippen LogP contribution in [-0.2, 0) is 24.5 Å². The van der Waals surface area contributed by atoms with Crippen LogP contribution in [0, 0.1) is 0 Å². The number of morpholine rings is 1. The van der Waals surface area contributed by atoms with Gasteiger partial charge in [0, 0.05) is 43.0 Å². The highest BCUT2D eigenvalue weighted by atomic mass is 16.5. The van der Waals surface area contributed by atoms with Crippen molar-refractivity contribution in [1.29, 1.82) is 0 Å². The fourth-order valence-electron chi connectivity index (χ4n) is 4.63. The molecule has 0 aliphatic carbocycles. The Morgan fingerprint density at radius 3 is 2.46 bits per heavy atom. The second kappa shape index (κ2) is 11.0. The van der Waals surface area contributed by atoms with Gasteiger partial charge in [-0.1, -0.05) is 32.0 Å². The van der Waals surface area contributed by atoms with Crippen molar-refractivity contribution in [3.63, 3.8) is 0 Å². The molecule has 9 nitrogen and oxygen atoms in total. The van der Waals surface area contributed by atoms with Gasteiger partial charge in [-0.25, -0.2) is 4.79 Å². The molecular weight excluding hydrogens is 476 g/mol. The Morgan fingerprint density at radius 1 is 1.03 bits per heavy atom. The van der Waals surface area contributed by atoms with E-state index in [1.165, 1.54) is 25.3 Å². The van der Waals surface area contributed by atoms with Gasteiger partial charge in [0.05, 0.1) is 25.9 Å². The zero-order valence-corrected chi connectivity index (χ0v) is 21.6. The highest BCUT2D eigenvalue weighted by Gasteiger charge is 2.38. The molecule has 2 aliphatic heterocycles. The molecule has 1 saturated heterocycles. The molecule has 0 spiro atoms. The molecule has 0 atom stereocenters. The summed E-state index contributed by atoms with van der Waals surface area (Å²) in [5, 5.41) is 0. The van der Waals surface area contributed by atoms with Crippen LogP contribution in [0.5, 0.6) is 11.5 Å². The van der Waals surface area contributed by atoms with E-state index in [2.05, 4.69) is 19.9 Å². The molecule has 0 unspecified atom stereocenters. The van der Waals surface area contributed by atoms with Gasteiger partial charge in [0.2, 0.25) is 0 Å². The molecule has 196 valence electrons. The van der Waals surface area contributed by atoms with Crippen molar-refractivity contribution in [3.05, 3.63) is 65.4 Å². The van der Waals surface area contributed by atoms with Crippen molar-refractivity contribution in [2.75, 3.05) is 58.6 Å². The maximum atomic E-state index is 12.7. The van der Waals surface area contributed by atoms with E-state index in [0.717, 1.165) is 16.9 Å². The van der Waals surface area contributed by atoms with Crippen LogP contribution in [0.2, 0.25) is 0 Å². The average molecular weight is 509 g/mol. The summed E-state index contributed by atoms with van der Waals surface area (Å²) >= 11 is 0. The summed E-state index contributed by atoms with van der Waals surface area (Å²) in [5.74, 6) is -0.522. The Morgan fingerprint density at radius 2 is 1.76 bits per heavy atom. The van der Waals surface area contributed by atoms with Gasteiger partial charge < -0.3 is 28.7 Å². The third kappa shape index (κ3) is 5.61. The van der Waals surface area contributed by atoms with Gasteiger partial charge >= 0.3 is 5.97 Å². The number of hydrogen-bond acceptors (Lipinski definition) is 8. The Labute approximate surface area is 216 Å². The largest absolute Gasteiger partial charge is 0.493 e. The molecule has 0 radical (unpaired) electrons. The Balaban J connectivity index is 1.36. The highest BCUT2D eigenvalue weighted by Crippen LogP contribution is 2.46. The molecule has 9 heteroatoms. The summed E-state index contributed by atoms with van der Waals surface area (Å²) in [6, 6.07) is 12.5. The monoisotopic (exact) mass is 508 g/mol. The van der Waals surface area contributed by atoms with Crippen molar-refractivity contribution in [2.45, 2.75) is 19.3 Å². The molecule has 2 heterocycles. The molecule has 0 N–H and O–H groups in total. The van der Waals surface area contributed by atoms with E-state index in [1.807, 2.05) is 30.1 Å². The molecule has 2 aliphatic rings. The lowest BCUT2D eigenvalue weighted by Gasteiger charge is -2.26. The van der Waals surface area contributed by atoms with Crippen LogP contribution in [-0.4, -0.2) is 76.2 Å². The van der Waals surface area contributed by atoms with Crippen molar-refractivity contribution >= 4 is 23.3 Å². The molecule has 0 saturated carbocycles. The summed E-state index contributed by atoms with van der Waals surface area (Å²) < 4.78 is 21.5. The number of allylic oxidation sites excluding steroid dienone is 1. The second-order valence-electron chi connectivity index (χ2n) is 9.42. The summed E-state index contributed by atoms with van der Waals surface area (Å²) in [4.78, 5) is 41.3. The molecule has 1 amide bonds. The molecular formula is C28H32N2O7. The zero-order chi connectivity index (χ0) is 26.6. The summed E-state index contributed by atoms with van der Waals surface area (Å²) in [7, 11) is 3.36. The number of ketones is 1. The maximum absolute atomic E-state index is 12.7. The first-order chi connectivity index (χ1) is 17.7. The number of ether oxygens (including phenoxy) is 4. The molecule has 4 rings (SSSR count). The molecule has 1 fully saturated rings. The zero-order valence-electron chi connectivity index (χ0n) is 21.6.